The first kappa shape index (κ1) is 25.4. The number of fused-ring (bicyclic) bond motifs is 2. The minimum absolute atomic E-state index is 0.700. The van der Waals surface area contributed by atoms with Crippen molar-refractivity contribution in [3.63, 3.8) is 0 Å². The van der Waals surface area contributed by atoms with Gasteiger partial charge in [0.15, 0.2) is 0 Å². The molecule has 6 unspecified atom stereocenters. The Hall–Kier alpha value is -1.84. The van der Waals surface area contributed by atoms with E-state index in [9.17, 15) is 0 Å². The zero-order chi connectivity index (χ0) is 25.2. The standard InChI is InChI=1S/C34H48N2O/c1-35-21-19-27-7-3-5-9-31(27)33(35)23-25-11-15-29(16-12-25)37-30-17-13-26(14-18-30)24-34-32-10-6-4-8-28(32)20-22-36(34)2/h11-18,27-28,31-34H,3-10,19-24H2,1-2H3. The Morgan fingerprint density at radius 3 is 1.41 bits per heavy atom. The SMILES string of the molecule is CN1CCC2CCCCC2C1Cc1ccc(Oc2ccc(CC3C4CCCCC4CCN3C)cc2)cc1. The first-order chi connectivity index (χ1) is 18.1. The van der Waals surface area contributed by atoms with Gasteiger partial charge in [0.1, 0.15) is 11.5 Å². The maximum atomic E-state index is 6.26. The van der Waals surface area contributed by atoms with Crippen molar-refractivity contribution in [2.75, 3.05) is 27.2 Å². The second-order valence-electron chi connectivity index (χ2n) is 12.9. The molecule has 2 saturated carbocycles. The molecule has 3 nitrogen and oxygen atoms in total. The van der Waals surface area contributed by atoms with Crippen LogP contribution in [0.25, 0.3) is 0 Å². The number of hydrogen-bond acceptors (Lipinski definition) is 3. The van der Waals surface area contributed by atoms with E-state index in [-0.39, 0.29) is 0 Å². The largest absolute Gasteiger partial charge is 0.457 e. The summed E-state index contributed by atoms with van der Waals surface area (Å²) in [5.74, 6) is 5.59. The lowest BCUT2D eigenvalue weighted by molar-refractivity contribution is 0.0410. The molecular weight excluding hydrogens is 452 g/mol. The van der Waals surface area contributed by atoms with Crippen LogP contribution in [0.15, 0.2) is 48.5 Å². The normalized spacial score (nSPS) is 32.9. The van der Waals surface area contributed by atoms with E-state index < -0.39 is 0 Å². The van der Waals surface area contributed by atoms with E-state index in [2.05, 4.69) is 72.4 Å². The summed E-state index contributed by atoms with van der Waals surface area (Å²) in [6, 6.07) is 19.3. The van der Waals surface area contributed by atoms with Crippen LogP contribution in [0.4, 0.5) is 0 Å². The van der Waals surface area contributed by atoms with Crippen molar-refractivity contribution in [1.29, 1.82) is 0 Å². The highest BCUT2D eigenvalue weighted by Crippen LogP contribution is 2.42. The van der Waals surface area contributed by atoms with Crippen LogP contribution in [-0.2, 0) is 12.8 Å². The van der Waals surface area contributed by atoms with Crippen molar-refractivity contribution in [1.82, 2.24) is 9.80 Å². The van der Waals surface area contributed by atoms with Crippen molar-refractivity contribution in [2.24, 2.45) is 23.7 Å². The molecule has 6 rings (SSSR count). The van der Waals surface area contributed by atoms with Gasteiger partial charge < -0.3 is 14.5 Å². The highest BCUT2D eigenvalue weighted by molar-refractivity contribution is 5.35. The van der Waals surface area contributed by atoms with Crippen molar-refractivity contribution in [3.05, 3.63) is 59.7 Å². The van der Waals surface area contributed by atoms with Gasteiger partial charge in [0.25, 0.3) is 0 Å². The van der Waals surface area contributed by atoms with Gasteiger partial charge in [-0.3, -0.25) is 0 Å². The molecule has 2 aliphatic heterocycles. The van der Waals surface area contributed by atoms with E-state index in [0.29, 0.717) is 12.1 Å². The van der Waals surface area contributed by atoms with Crippen LogP contribution in [0, 0.1) is 23.7 Å². The fourth-order valence-electron chi connectivity index (χ4n) is 8.55. The van der Waals surface area contributed by atoms with Crippen molar-refractivity contribution in [2.45, 2.75) is 89.1 Å². The van der Waals surface area contributed by atoms with Gasteiger partial charge in [0.05, 0.1) is 0 Å². The molecule has 2 aromatic carbocycles. The van der Waals surface area contributed by atoms with E-state index in [0.717, 1.165) is 35.2 Å². The van der Waals surface area contributed by atoms with Crippen LogP contribution < -0.4 is 4.74 Å². The fourth-order valence-corrected chi connectivity index (χ4v) is 8.55. The summed E-state index contributed by atoms with van der Waals surface area (Å²) >= 11 is 0. The van der Waals surface area contributed by atoms with Gasteiger partial charge >= 0.3 is 0 Å². The molecule has 37 heavy (non-hydrogen) atoms. The highest BCUT2D eigenvalue weighted by atomic mass is 16.5. The Morgan fingerprint density at radius 1 is 0.568 bits per heavy atom. The Balaban J connectivity index is 1.05. The number of hydrogen-bond donors (Lipinski definition) is 0. The van der Waals surface area contributed by atoms with Crippen molar-refractivity contribution in [3.8, 4) is 11.5 Å². The van der Waals surface area contributed by atoms with E-state index >= 15 is 0 Å². The van der Waals surface area contributed by atoms with Gasteiger partial charge in [-0.2, -0.15) is 0 Å². The van der Waals surface area contributed by atoms with E-state index in [4.69, 9.17) is 4.74 Å². The van der Waals surface area contributed by atoms with Gasteiger partial charge in [0, 0.05) is 12.1 Å². The minimum atomic E-state index is 0.700. The summed E-state index contributed by atoms with van der Waals surface area (Å²) in [5, 5.41) is 0. The zero-order valence-corrected chi connectivity index (χ0v) is 23.3. The lowest BCUT2D eigenvalue weighted by Gasteiger charge is -2.46. The topological polar surface area (TPSA) is 15.7 Å². The maximum absolute atomic E-state index is 6.26. The Labute approximate surface area is 225 Å². The second kappa shape index (κ2) is 11.5. The van der Waals surface area contributed by atoms with Crippen molar-refractivity contribution >= 4 is 0 Å². The second-order valence-corrected chi connectivity index (χ2v) is 12.9. The number of benzene rings is 2. The average Bonchev–Trinajstić information content (AvgIpc) is 2.94. The third kappa shape index (κ3) is 5.78. The van der Waals surface area contributed by atoms with Gasteiger partial charge in [-0.1, -0.05) is 62.8 Å². The summed E-state index contributed by atoms with van der Waals surface area (Å²) in [6.45, 7) is 2.53. The molecule has 0 spiro atoms. The molecule has 4 aliphatic rings. The van der Waals surface area contributed by atoms with Gasteiger partial charge in [0.2, 0.25) is 0 Å². The van der Waals surface area contributed by atoms with Gasteiger partial charge in [-0.15, -0.1) is 0 Å². The number of piperidine rings is 2. The summed E-state index contributed by atoms with van der Waals surface area (Å²) in [5.41, 5.74) is 2.90. The van der Waals surface area contributed by atoms with Crippen LogP contribution >= 0.6 is 0 Å². The molecule has 2 aliphatic carbocycles. The molecule has 0 N–H and O–H groups in total. The smallest absolute Gasteiger partial charge is 0.127 e. The third-order valence-electron chi connectivity index (χ3n) is 10.7. The number of nitrogens with zero attached hydrogens (tertiary/aromatic N) is 2. The van der Waals surface area contributed by atoms with E-state index in [1.165, 1.54) is 101 Å². The predicted octanol–water partition coefficient (Wildman–Crippen LogP) is 7.58. The van der Waals surface area contributed by atoms with Crippen molar-refractivity contribution < 1.29 is 4.74 Å². The Bertz CT molecular complexity index is 920. The quantitative estimate of drug-likeness (QED) is 0.406. The first-order valence-electron chi connectivity index (χ1n) is 15.4. The Morgan fingerprint density at radius 2 is 0.973 bits per heavy atom. The highest BCUT2D eigenvalue weighted by Gasteiger charge is 2.38. The monoisotopic (exact) mass is 500 g/mol. The summed E-state index contributed by atoms with van der Waals surface area (Å²) in [4.78, 5) is 5.27. The molecule has 0 radical (unpaired) electrons. The molecule has 200 valence electrons. The number of rotatable bonds is 6. The minimum Gasteiger partial charge on any atom is -0.457 e. The number of ether oxygens (including phenoxy) is 1. The van der Waals surface area contributed by atoms with Gasteiger partial charge in [-0.25, -0.2) is 0 Å². The molecule has 0 bridgehead atoms. The zero-order valence-electron chi connectivity index (χ0n) is 23.3. The number of likely N-dealkylation sites (N-methyl/N-ethyl adjacent to an activating group) is 2. The van der Waals surface area contributed by atoms with Crippen LogP contribution in [0.3, 0.4) is 0 Å². The average molecular weight is 501 g/mol. The molecule has 0 aromatic heterocycles. The predicted molar refractivity (Wildman–Crippen MR) is 153 cm³/mol. The third-order valence-corrected chi connectivity index (χ3v) is 10.7. The van der Waals surface area contributed by atoms with Crippen LogP contribution in [0.1, 0.15) is 75.3 Å². The van der Waals surface area contributed by atoms with Gasteiger partial charge in [-0.05, 0) is 125 Å². The molecule has 2 saturated heterocycles. The molecular formula is C34H48N2O. The lowest BCUT2D eigenvalue weighted by Crippen LogP contribution is -2.49. The number of likely N-dealkylation sites (tertiary alicyclic amines) is 2. The van der Waals surface area contributed by atoms with Crippen LogP contribution in [0.5, 0.6) is 11.5 Å². The maximum Gasteiger partial charge on any atom is 0.127 e. The molecule has 6 atom stereocenters. The summed E-state index contributed by atoms with van der Waals surface area (Å²) < 4.78 is 6.26. The van der Waals surface area contributed by atoms with Crippen LogP contribution in [-0.4, -0.2) is 49.1 Å². The Kier molecular flexibility index (Phi) is 7.90. The lowest BCUT2D eigenvalue weighted by atomic mass is 9.70. The molecule has 3 heteroatoms. The van der Waals surface area contributed by atoms with Crippen LogP contribution in [0.2, 0.25) is 0 Å². The summed E-state index contributed by atoms with van der Waals surface area (Å²) in [6.07, 6.45) is 16.7. The molecule has 2 aromatic rings. The molecule has 2 heterocycles. The molecule has 0 amide bonds. The van der Waals surface area contributed by atoms with E-state index in [1.807, 2.05) is 0 Å². The molecule has 4 fully saturated rings. The first-order valence-corrected chi connectivity index (χ1v) is 15.4. The summed E-state index contributed by atoms with van der Waals surface area (Å²) in [7, 11) is 4.69. The fraction of sp³-hybridized carbons (Fsp3) is 0.647. The van der Waals surface area contributed by atoms with E-state index in [1.54, 1.807) is 0 Å².